The zero-order valence-corrected chi connectivity index (χ0v) is 23.8. The van der Waals surface area contributed by atoms with Crippen molar-refractivity contribution < 1.29 is 14.1 Å². The maximum absolute atomic E-state index is 12.1. The summed E-state index contributed by atoms with van der Waals surface area (Å²) < 4.78 is 13.3. The average molecular weight is 565 g/mol. The van der Waals surface area contributed by atoms with Crippen LogP contribution >= 0.6 is 0 Å². The first-order chi connectivity index (χ1) is 20.3. The van der Waals surface area contributed by atoms with Crippen LogP contribution in [0.4, 0.5) is 5.95 Å². The van der Waals surface area contributed by atoms with Crippen LogP contribution in [0.3, 0.4) is 0 Å². The van der Waals surface area contributed by atoms with Crippen LogP contribution in [0.5, 0.6) is 5.88 Å². The Bertz CT molecular complexity index is 1690. The lowest BCUT2D eigenvalue weighted by Gasteiger charge is -2.27. The first-order valence-corrected chi connectivity index (χ1v) is 13.8. The molecule has 6 rings (SSSR count). The molecule has 2 N–H and O–H groups in total. The van der Waals surface area contributed by atoms with E-state index in [4.69, 9.17) is 20.0 Å². The standard InChI is InChI=1S/C31H32N8O3/c1-31(24-13-14-24,29-35-27(42-37-29)22-15-34-39(17-22)18-26(40)38(2)3)23-11-9-21(10-12-23)25-16-33-30(32)36-28(25)41-19-20-7-5-4-6-8-20/h4-12,15-17,24H,13-14,18-19H2,1-3H3,(H2,32,33,36)/t31-/m0/s1. The Hall–Kier alpha value is -5.06. The quantitative estimate of drug-likeness (QED) is 0.262. The number of amides is 1. The molecule has 2 aromatic carbocycles. The Balaban J connectivity index is 1.25. The fraction of sp³-hybridized carbons (Fsp3) is 0.290. The molecule has 0 saturated heterocycles. The van der Waals surface area contributed by atoms with Gasteiger partial charge in [-0.3, -0.25) is 9.48 Å². The van der Waals surface area contributed by atoms with Gasteiger partial charge >= 0.3 is 0 Å². The van der Waals surface area contributed by atoms with E-state index < -0.39 is 5.41 Å². The molecule has 1 amide bonds. The molecule has 11 heteroatoms. The van der Waals surface area contributed by atoms with Crippen LogP contribution in [0.15, 0.2) is 77.7 Å². The highest BCUT2D eigenvalue weighted by molar-refractivity contribution is 5.75. The van der Waals surface area contributed by atoms with Crippen molar-refractivity contribution in [3.05, 3.63) is 90.1 Å². The second kappa shape index (κ2) is 11.1. The number of rotatable bonds is 10. The Morgan fingerprint density at radius 3 is 2.55 bits per heavy atom. The number of ether oxygens (including phenoxy) is 1. The van der Waals surface area contributed by atoms with E-state index in [1.54, 1.807) is 37.4 Å². The lowest BCUT2D eigenvalue weighted by Crippen LogP contribution is -2.28. The molecule has 1 aliphatic rings. The maximum atomic E-state index is 12.1. The topological polar surface area (TPSA) is 138 Å². The number of nitrogen functional groups attached to an aromatic ring is 1. The second-order valence-electron chi connectivity index (χ2n) is 10.9. The van der Waals surface area contributed by atoms with E-state index in [1.807, 2.05) is 42.5 Å². The fourth-order valence-corrected chi connectivity index (χ4v) is 5.01. The number of hydrogen-bond donors (Lipinski definition) is 1. The molecule has 5 aromatic rings. The van der Waals surface area contributed by atoms with Crippen molar-refractivity contribution in [2.45, 2.75) is 38.3 Å². The SMILES string of the molecule is CN(C)C(=O)Cn1cc(-c2nc([C@@](C)(c3ccc(-c4cnc(N)nc4OCc4ccccc4)cc3)C3CC3)no2)cn1. The molecule has 1 fully saturated rings. The smallest absolute Gasteiger partial charge is 0.261 e. The van der Waals surface area contributed by atoms with Crippen molar-refractivity contribution in [1.29, 1.82) is 0 Å². The van der Waals surface area contributed by atoms with Crippen LogP contribution in [0, 0.1) is 5.92 Å². The molecule has 0 spiro atoms. The van der Waals surface area contributed by atoms with Crippen LogP contribution in [0.1, 0.15) is 36.7 Å². The van der Waals surface area contributed by atoms with Gasteiger partial charge in [-0.15, -0.1) is 0 Å². The second-order valence-corrected chi connectivity index (χ2v) is 10.9. The molecule has 214 valence electrons. The maximum Gasteiger partial charge on any atom is 0.261 e. The van der Waals surface area contributed by atoms with Crippen LogP contribution in [0.2, 0.25) is 0 Å². The van der Waals surface area contributed by atoms with Gasteiger partial charge in [0.15, 0.2) is 5.82 Å². The zero-order chi connectivity index (χ0) is 29.3. The van der Waals surface area contributed by atoms with E-state index in [2.05, 4.69) is 39.3 Å². The van der Waals surface area contributed by atoms with Gasteiger partial charge in [-0.1, -0.05) is 59.8 Å². The van der Waals surface area contributed by atoms with Crippen molar-refractivity contribution in [1.82, 2.24) is 34.8 Å². The number of likely N-dealkylation sites (N-methyl/N-ethyl adjacent to an activating group) is 1. The lowest BCUT2D eigenvalue weighted by atomic mass is 9.76. The predicted octanol–water partition coefficient (Wildman–Crippen LogP) is 4.36. The van der Waals surface area contributed by atoms with Gasteiger partial charge in [-0.05, 0) is 42.4 Å². The molecule has 3 heterocycles. The molecular formula is C31H32N8O3. The van der Waals surface area contributed by atoms with Gasteiger partial charge in [0, 0.05) is 26.5 Å². The summed E-state index contributed by atoms with van der Waals surface area (Å²) in [5, 5.41) is 8.69. The zero-order valence-electron chi connectivity index (χ0n) is 23.8. The molecule has 0 radical (unpaired) electrons. The summed E-state index contributed by atoms with van der Waals surface area (Å²) in [5.74, 6) is 1.91. The minimum atomic E-state index is -0.443. The van der Waals surface area contributed by atoms with E-state index in [0.29, 0.717) is 35.7 Å². The number of aromatic nitrogens is 6. The summed E-state index contributed by atoms with van der Waals surface area (Å²) >= 11 is 0. The molecule has 1 atom stereocenters. The van der Waals surface area contributed by atoms with Gasteiger partial charge in [0.1, 0.15) is 13.2 Å². The number of carbonyl (C=O) groups is 1. The van der Waals surface area contributed by atoms with E-state index in [0.717, 1.165) is 35.1 Å². The third-order valence-electron chi connectivity index (χ3n) is 7.75. The molecule has 0 unspecified atom stereocenters. The molecule has 42 heavy (non-hydrogen) atoms. The Kier molecular flexibility index (Phi) is 7.15. The number of nitrogens with two attached hydrogens (primary N) is 1. The number of nitrogens with zero attached hydrogens (tertiary/aromatic N) is 7. The Morgan fingerprint density at radius 1 is 1.07 bits per heavy atom. The molecule has 1 aliphatic carbocycles. The summed E-state index contributed by atoms with van der Waals surface area (Å²) in [6.07, 6.45) is 7.23. The van der Waals surface area contributed by atoms with Crippen LogP contribution < -0.4 is 10.5 Å². The van der Waals surface area contributed by atoms with Gasteiger partial charge in [-0.25, -0.2) is 4.98 Å². The largest absolute Gasteiger partial charge is 0.472 e. The van der Waals surface area contributed by atoms with Crippen LogP contribution in [0.25, 0.3) is 22.6 Å². The minimum absolute atomic E-state index is 0.0546. The van der Waals surface area contributed by atoms with Crippen LogP contribution in [-0.2, 0) is 23.4 Å². The highest BCUT2D eigenvalue weighted by Gasteiger charge is 2.47. The summed E-state index contributed by atoms with van der Waals surface area (Å²) in [5.41, 5.74) is 9.89. The normalized spacial score (nSPS) is 14.4. The molecular weight excluding hydrogens is 532 g/mol. The summed E-state index contributed by atoms with van der Waals surface area (Å²) in [7, 11) is 3.43. The number of anilines is 1. The monoisotopic (exact) mass is 564 g/mol. The number of hydrogen-bond acceptors (Lipinski definition) is 9. The first kappa shape index (κ1) is 27.1. The molecule has 3 aromatic heterocycles. The van der Waals surface area contributed by atoms with Gasteiger partial charge in [0.25, 0.3) is 5.89 Å². The van der Waals surface area contributed by atoms with Crippen molar-refractivity contribution in [3.63, 3.8) is 0 Å². The van der Waals surface area contributed by atoms with Crippen molar-refractivity contribution in [2.24, 2.45) is 5.92 Å². The fourth-order valence-electron chi connectivity index (χ4n) is 5.01. The minimum Gasteiger partial charge on any atom is -0.472 e. The average Bonchev–Trinajstić information content (AvgIpc) is 3.56. The third-order valence-corrected chi connectivity index (χ3v) is 7.75. The van der Waals surface area contributed by atoms with E-state index in [1.165, 1.54) is 4.90 Å². The van der Waals surface area contributed by atoms with Crippen LogP contribution in [-0.4, -0.2) is 54.8 Å². The highest BCUT2D eigenvalue weighted by atomic mass is 16.5. The predicted molar refractivity (Wildman–Crippen MR) is 156 cm³/mol. The summed E-state index contributed by atoms with van der Waals surface area (Å²) in [6, 6.07) is 18.2. The summed E-state index contributed by atoms with van der Waals surface area (Å²) in [4.78, 5) is 27.0. The van der Waals surface area contributed by atoms with Gasteiger partial charge in [-0.2, -0.15) is 15.1 Å². The number of benzene rings is 2. The first-order valence-electron chi connectivity index (χ1n) is 13.8. The van der Waals surface area contributed by atoms with Crippen molar-refractivity contribution in [2.75, 3.05) is 19.8 Å². The van der Waals surface area contributed by atoms with Gasteiger partial charge in [0.05, 0.1) is 22.7 Å². The Morgan fingerprint density at radius 2 is 1.83 bits per heavy atom. The van der Waals surface area contributed by atoms with Gasteiger partial charge < -0.3 is 19.9 Å². The van der Waals surface area contributed by atoms with E-state index >= 15 is 0 Å². The van der Waals surface area contributed by atoms with E-state index in [9.17, 15) is 4.79 Å². The lowest BCUT2D eigenvalue weighted by molar-refractivity contribution is -0.129. The third kappa shape index (κ3) is 5.45. The molecule has 0 aliphatic heterocycles. The molecule has 1 saturated carbocycles. The highest BCUT2D eigenvalue weighted by Crippen LogP contribution is 2.50. The summed E-state index contributed by atoms with van der Waals surface area (Å²) in [6.45, 7) is 2.67. The molecule has 11 nitrogen and oxygen atoms in total. The van der Waals surface area contributed by atoms with Gasteiger partial charge in [0.2, 0.25) is 17.7 Å². The van der Waals surface area contributed by atoms with Crippen molar-refractivity contribution >= 4 is 11.9 Å². The van der Waals surface area contributed by atoms with E-state index in [-0.39, 0.29) is 18.4 Å². The molecule has 0 bridgehead atoms. The van der Waals surface area contributed by atoms with Crippen molar-refractivity contribution in [3.8, 4) is 28.5 Å². The Labute approximate surface area is 243 Å². The number of carbonyl (C=O) groups excluding carboxylic acids is 1.